The molecule has 7 nitrogen and oxygen atoms in total. The smallest absolute Gasteiger partial charge is 0.333 e. The maximum absolute atomic E-state index is 13.3. The lowest BCUT2D eigenvalue weighted by Crippen LogP contribution is -2.37. The number of nitrogens with zero attached hydrogens (tertiary/aromatic N) is 1. The number of sulfonamides is 1. The van der Waals surface area contributed by atoms with Crippen LogP contribution < -0.4 is 9.62 Å². The number of unbranched alkanes of at least 4 members (excludes halogenated alkanes) is 1. The Balaban J connectivity index is 1.76. The van der Waals surface area contributed by atoms with Crippen molar-refractivity contribution in [3.63, 3.8) is 0 Å². The van der Waals surface area contributed by atoms with Crippen LogP contribution in [0.3, 0.4) is 0 Å². The lowest BCUT2D eigenvalue weighted by atomic mass is 9.89. The van der Waals surface area contributed by atoms with E-state index < -0.39 is 27.5 Å². The van der Waals surface area contributed by atoms with Crippen LogP contribution in [-0.4, -0.2) is 45.8 Å². The van der Waals surface area contributed by atoms with Crippen molar-refractivity contribution >= 4 is 33.3 Å². The quantitative estimate of drug-likeness (QED) is 0.526. The molecule has 0 radical (unpaired) electrons. The summed E-state index contributed by atoms with van der Waals surface area (Å²) in [6, 6.07) is 12.0. The first-order chi connectivity index (χ1) is 15.4. The Hall–Kier alpha value is -2.13. The van der Waals surface area contributed by atoms with Crippen molar-refractivity contribution in [1.29, 1.82) is 0 Å². The SMILES string of the molecule is CN1c2ccccc2C(NCCCCOC(C(=O)O)C(C)(C)C)c2ccc(Cl)cc2S1(=O)=O. The third-order valence-corrected chi connectivity index (χ3v) is 7.79. The average molecular weight is 495 g/mol. The van der Waals surface area contributed by atoms with Crippen LogP contribution in [0.5, 0.6) is 0 Å². The number of hydrogen-bond acceptors (Lipinski definition) is 5. The average Bonchev–Trinajstić information content (AvgIpc) is 2.80. The van der Waals surface area contributed by atoms with Crippen molar-refractivity contribution in [2.24, 2.45) is 5.41 Å². The van der Waals surface area contributed by atoms with Gasteiger partial charge in [0, 0.05) is 18.7 Å². The molecule has 2 N–H and O–H groups in total. The van der Waals surface area contributed by atoms with Gasteiger partial charge >= 0.3 is 5.97 Å². The number of ether oxygens (including phenoxy) is 1. The molecule has 0 bridgehead atoms. The van der Waals surface area contributed by atoms with E-state index in [4.69, 9.17) is 16.3 Å². The van der Waals surface area contributed by atoms with Gasteiger partial charge in [-0.15, -0.1) is 0 Å². The number of benzene rings is 2. The summed E-state index contributed by atoms with van der Waals surface area (Å²) >= 11 is 6.15. The molecule has 3 rings (SSSR count). The highest BCUT2D eigenvalue weighted by atomic mass is 35.5. The fraction of sp³-hybridized carbons (Fsp3) is 0.458. The highest BCUT2D eigenvalue weighted by Gasteiger charge is 2.35. The molecule has 1 aliphatic rings. The zero-order valence-corrected chi connectivity index (χ0v) is 20.9. The van der Waals surface area contributed by atoms with Gasteiger partial charge in [0.25, 0.3) is 10.0 Å². The molecule has 0 amide bonds. The number of para-hydroxylation sites is 1. The normalized spacial score (nSPS) is 18.2. The Morgan fingerprint density at radius 2 is 1.88 bits per heavy atom. The molecule has 0 saturated carbocycles. The van der Waals surface area contributed by atoms with Gasteiger partial charge in [0.05, 0.1) is 16.6 Å². The number of carboxylic acids is 1. The Labute approximate surface area is 200 Å². The summed E-state index contributed by atoms with van der Waals surface area (Å²) in [5, 5.41) is 13.2. The Morgan fingerprint density at radius 3 is 2.55 bits per heavy atom. The third-order valence-electron chi connectivity index (χ3n) is 5.73. The van der Waals surface area contributed by atoms with Crippen molar-refractivity contribution in [3.8, 4) is 0 Å². The monoisotopic (exact) mass is 494 g/mol. The zero-order chi connectivity index (χ0) is 24.4. The van der Waals surface area contributed by atoms with Crippen LogP contribution in [-0.2, 0) is 19.6 Å². The van der Waals surface area contributed by atoms with Crippen LogP contribution in [0.4, 0.5) is 5.69 Å². The van der Waals surface area contributed by atoms with Gasteiger partial charge in [0.2, 0.25) is 0 Å². The standard InChI is InChI=1S/C24H31ClN2O5S/c1-24(2,3)22(23(28)29)32-14-8-7-13-26-21-17-9-5-6-10-19(17)27(4)33(30,31)20-15-16(25)11-12-18(20)21/h5-6,9-12,15,21-22,26H,7-8,13-14H2,1-4H3,(H,28,29). The Bertz CT molecular complexity index is 1110. The second-order valence-electron chi connectivity index (χ2n) is 9.26. The van der Waals surface area contributed by atoms with E-state index in [1.165, 1.54) is 10.4 Å². The molecule has 180 valence electrons. The minimum Gasteiger partial charge on any atom is -0.479 e. The van der Waals surface area contributed by atoms with Crippen LogP contribution >= 0.6 is 11.6 Å². The van der Waals surface area contributed by atoms with E-state index in [2.05, 4.69) is 5.32 Å². The summed E-state index contributed by atoms with van der Waals surface area (Å²) < 4.78 is 33.5. The van der Waals surface area contributed by atoms with Gasteiger partial charge < -0.3 is 15.2 Å². The van der Waals surface area contributed by atoms with E-state index in [1.807, 2.05) is 39.0 Å². The van der Waals surface area contributed by atoms with Crippen LogP contribution in [0.15, 0.2) is 47.4 Å². The summed E-state index contributed by atoms with van der Waals surface area (Å²) in [5.41, 5.74) is 1.63. The topological polar surface area (TPSA) is 95.9 Å². The maximum atomic E-state index is 13.3. The molecule has 0 aromatic heterocycles. The van der Waals surface area contributed by atoms with Gasteiger partial charge in [-0.25, -0.2) is 13.2 Å². The number of carboxylic acid groups (broad SMARTS) is 1. The predicted octanol–water partition coefficient (Wildman–Crippen LogP) is 4.45. The molecule has 1 heterocycles. The highest BCUT2D eigenvalue weighted by molar-refractivity contribution is 7.92. The molecule has 1 aliphatic heterocycles. The largest absolute Gasteiger partial charge is 0.479 e. The van der Waals surface area contributed by atoms with E-state index in [1.54, 1.807) is 25.2 Å². The fourth-order valence-electron chi connectivity index (χ4n) is 4.02. The molecule has 2 atom stereocenters. The number of halogens is 1. The second-order valence-corrected chi connectivity index (χ2v) is 11.6. The van der Waals surface area contributed by atoms with E-state index in [9.17, 15) is 18.3 Å². The summed E-state index contributed by atoms with van der Waals surface area (Å²) in [6.45, 7) is 6.45. The van der Waals surface area contributed by atoms with Gasteiger partial charge in [-0.3, -0.25) is 4.31 Å². The van der Waals surface area contributed by atoms with Crippen molar-refractivity contribution in [1.82, 2.24) is 5.32 Å². The lowest BCUT2D eigenvalue weighted by Gasteiger charge is -2.27. The molecule has 2 aromatic rings. The number of hydrogen-bond donors (Lipinski definition) is 2. The maximum Gasteiger partial charge on any atom is 0.333 e. The Kier molecular flexibility index (Phi) is 7.73. The fourth-order valence-corrected chi connectivity index (χ4v) is 5.74. The van der Waals surface area contributed by atoms with Gasteiger partial charge in [0.1, 0.15) is 0 Å². The number of aliphatic carboxylic acids is 1. The van der Waals surface area contributed by atoms with E-state index >= 15 is 0 Å². The molecule has 0 aliphatic carbocycles. The van der Waals surface area contributed by atoms with Gasteiger partial charge in [-0.1, -0.05) is 56.6 Å². The molecule has 33 heavy (non-hydrogen) atoms. The first kappa shape index (κ1) is 25.5. The van der Waals surface area contributed by atoms with Gasteiger partial charge in [-0.05, 0) is 54.1 Å². The molecule has 0 fully saturated rings. The van der Waals surface area contributed by atoms with Crippen molar-refractivity contribution < 1.29 is 23.1 Å². The third kappa shape index (κ3) is 5.51. The van der Waals surface area contributed by atoms with E-state index in [0.717, 1.165) is 12.0 Å². The minimum absolute atomic E-state index is 0.184. The summed E-state index contributed by atoms with van der Waals surface area (Å²) in [5.74, 6) is -0.962. The summed E-state index contributed by atoms with van der Waals surface area (Å²) in [7, 11) is -2.22. The van der Waals surface area contributed by atoms with E-state index in [0.29, 0.717) is 35.8 Å². The van der Waals surface area contributed by atoms with Crippen molar-refractivity contribution in [2.75, 3.05) is 24.5 Å². The first-order valence-corrected chi connectivity index (χ1v) is 12.7. The number of anilines is 1. The zero-order valence-electron chi connectivity index (χ0n) is 19.3. The molecular weight excluding hydrogens is 464 g/mol. The molecule has 9 heteroatoms. The molecule has 2 unspecified atom stereocenters. The molecule has 0 saturated heterocycles. The molecule has 2 aromatic carbocycles. The van der Waals surface area contributed by atoms with Crippen LogP contribution in [0.2, 0.25) is 5.02 Å². The van der Waals surface area contributed by atoms with Crippen molar-refractivity contribution in [3.05, 3.63) is 58.6 Å². The van der Waals surface area contributed by atoms with Crippen LogP contribution in [0.1, 0.15) is 50.8 Å². The van der Waals surface area contributed by atoms with Gasteiger partial charge in [-0.2, -0.15) is 0 Å². The lowest BCUT2D eigenvalue weighted by molar-refractivity contribution is -0.158. The minimum atomic E-state index is -3.76. The number of carbonyl (C=O) groups is 1. The Morgan fingerprint density at radius 1 is 1.18 bits per heavy atom. The van der Waals surface area contributed by atoms with Crippen LogP contribution in [0, 0.1) is 5.41 Å². The first-order valence-electron chi connectivity index (χ1n) is 10.9. The second kappa shape index (κ2) is 10.0. The highest BCUT2D eigenvalue weighted by Crippen LogP contribution is 2.40. The van der Waals surface area contributed by atoms with E-state index in [-0.39, 0.29) is 10.9 Å². The predicted molar refractivity (Wildman–Crippen MR) is 129 cm³/mol. The number of rotatable bonds is 8. The van der Waals surface area contributed by atoms with Crippen LogP contribution in [0.25, 0.3) is 0 Å². The number of fused-ring (bicyclic) bond motifs is 2. The summed E-state index contributed by atoms with van der Waals surface area (Å²) in [6.07, 6.45) is 0.546. The molecular formula is C24H31ClN2O5S. The molecule has 0 spiro atoms. The van der Waals surface area contributed by atoms with Crippen molar-refractivity contribution in [2.45, 2.75) is 50.7 Å². The number of nitrogens with one attached hydrogen (secondary N) is 1. The van der Waals surface area contributed by atoms with Gasteiger partial charge in [0.15, 0.2) is 6.10 Å². The summed E-state index contributed by atoms with van der Waals surface area (Å²) in [4.78, 5) is 11.6.